The highest BCUT2D eigenvalue weighted by atomic mass is 19.3. The van der Waals surface area contributed by atoms with Gasteiger partial charge in [0.05, 0.1) is 13.1 Å². The number of halogens is 2. The van der Waals surface area contributed by atoms with Crippen LogP contribution in [0.25, 0.3) is 0 Å². The Morgan fingerprint density at radius 2 is 2.18 bits per heavy atom. The summed E-state index contributed by atoms with van der Waals surface area (Å²) in [5.41, 5.74) is 0. The fourth-order valence-electron chi connectivity index (χ4n) is 0.912. The fraction of sp³-hybridized carbons (Fsp3) is 0.800. The van der Waals surface area contributed by atoms with Crippen molar-refractivity contribution in [1.82, 2.24) is 4.90 Å². The Labute approximate surface area is 61.0 Å². The molecule has 64 valence electrons. The molecule has 1 heterocycles. The van der Waals surface area contributed by atoms with Crippen LogP contribution in [0.4, 0.5) is 13.6 Å². The minimum Gasteiger partial charge on any atom is -0.465 e. The normalized spacial score (nSPS) is 29.0. The average Bonchev–Trinajstić information content (AvgIpc) is 2.08. The molecule has 0 unspecified atom stereocenters. The number of rotatable bonds is 0. The number of aliphatic hydroxyl groups excluding tert-OH is 1. The van der Waals surface area contributed by atoms with E-state index >= 15 is 0 Å². The van der Waals surface area contributed by atoms with Gasteiger partial charge in [-0.25, -0.2) is 13.6 Å². The number of alkyl halides is 2. The van der Waals surface area contributed by atoms with Crippen molar-refractivity contribution in [1.29, 1.82) is 0 Å². The maximum atomic E-state index is 12.4. The third-order valence-electron chi connectivity index (χ3n) is 1.55. The number of nitrogens with zero attached hydrogens (tertiary/aromatic N) is 1. The van der Waals surface area contributed by atoms with E-state index in [9.17, 15) is 13.6 Å². The minimum absolute atomic E-state index is 0.491. The van der Waals surface area contributed by atoms with Gasteiger partial charge in [-0.2, -0.15) is 0 Å². The van der Waals surface area contributed by atoms with Crippen molar-refractivity contribution in [2.45, 2.75) is 12.0 Å². The van der Waals surface area contributed by atoms with Gasteiger partial charge in [0.2, 0.25) is 0 Å². The Morgan fingerprint density at radius 3 is 2.36 bits per heavy atom. The molecule has 6 heteroatoms. The molecule has 0 aromatic heterocycles. The molecule has 1 rings (SSSR count). The first-order valence-corrected chi connectivity index (χ1v) is 2.97. The lowest BCUT2D eigenvalue weighted by Crippen LogP contribution is -2.31. The first-order valence-electron chi connectivity index (χ1n) is 2.97. The fourth-order valence-corrected chi connectivity index (χ4v) is 0.912. The van der Waals surface area contributed by atoms with Crippen LogP contribution in [-0.4, -0.2) is 46.3 Å². The van der Waals surface area contributed by atoms with Crippen LogP contribution in [0.5, 0.6) is 0 Å². The monoisotopic (exact) mass is 167 g/mol. The SMILES string of the molecule is O=C(O)N1C[C@@H](O)C(F)(F)C1. The number of β-amino-alcohol motifs (C(OH)–C–C–N with tert-alkyl or cyclic N) is 1. The molecule has 2 N–H and O–H groups in total. The molecule has 1 aliphatic heterocycles. The lowest BCUT2D eigenvalue weighted by Gasteiger charge is -2.10. The minimum atomic E-state index is -3.29. The molecule has 0 radical (unpaired) electrons. The van der Waals surface area contributed by atoms with E-state index in [4.69, 9.17) is 10.2 Å². The van der Waals surface area contributed by atoms with Crippen LogP contribution >= 0.6 is 0 Å². The zero-order valence-corrected chi connectivity index (χ0v) is 5.50. The van der Waals surface area contributed by atoms with Crippen molar-refractivity contribution < 1.29 is 23.8 Å². The number of hydrogen-bond acceptors (Lipinski definition) is 2. The molecule has 0 spiro atoms. The molecule has 11 heavy (non-hydrogen) atoms. The summed E-state index contributed by atoms with van der Waals surface area (Å²) >= 11 is 0. The predicted octanol–water partition coefficient (Wildman–Crippen LogP) is -0.0238. The second kappa shape index (κ2) is 2.30. The third kappa shape index (κ3) is 1.40. The molecule has 1 fully saturated rings. The zero-order chi connectivity index (χ0) is 8.65. The van der Waals surface area contributed by atoms with Crippen molar-refractivity contribution in [3.8, 4) is 0 Å². The van der Waals surface area contributed by atoms with Crippen LogP contribution in [0.2, 0.25) is 0 Å². The van der Waals surface area contributed by atoms with Crippen molar-refractivity contribution in [3.63, 3.8) is 0 Å². The number of hydrogen-bond donors (Lipinski definition) is 2. The molecule has 0 aromatic carbocycles. The molecule has 1 atom stereocenters. The maximum Gasteiger partial charge on any atom is 0.407 e. The largest absolute Gasteiger partial charge is 0.465 e. The van der Waals surface area contributed by atoms with Crippen LogP contribution < -0.4 is 0 Å². The van der Waals surface area contributed by atoms with E-state index in [0.29, 0.717) is 4.90 Å². The van der Waals surface area contributed by atoms with Gasteiger partial charge in [0.25, 0.3) is 5.92 Å². The standard InChI is InChI=1S/C5H7F2NO3/c6-5(7)2-8(4(10)11)1-3(5)9/h3,9H,1-2H2,(H,10,11)/t3-/m1/s1. The van der Waals surface area contributed by atoms with Gasteiger partial charge in [0.1, 0.15) is 6.10 Å². The van der Waals surface area contributed by atoms with Crippen molar-refractivity contribution in [2.75, 3.05) is 13.1 Å². The van der Waals surface area contributed by atoms with E-state index in [0.717, 1.165) is 0 Å². The summed E-state index contributed by atoms with van der Waals surface area (Å²) in [4.78, 5) is 10.6. The van der Waals surface area contributed by atoms with E-state index in [1.807, 2.05) is 0 Å². The lowest BCUT2D eigenvalue weighted by atomic mass is 10.2. The highest BCUT2D eigenvalue weighted by Crippen LogP contribution is 2.27. The maximum absolute atomic E-state index is 12.4. The summed E-state index contributed by atoms with van der Waals surface area (Å²) < 4.78 is 24.8. The van der Waals surface area contributed by atoms with Crippen LogP contribution in [0.15, 0.2) is 0 Å². The summed E-state index contributed by atoms with van der Waals surface area (Å²) in [5, 5.41) is 16.9. The molecule has 0 saturated carbocycles. The molecule has 0 aromatic rings. The van der Waals surface area contributed by atoms with Crippen LogP contribution in [0, 0.1) is 0 Å². The van der Waals surface area contributed by atoms with Gasteiger partial charge in [-0.15, -0.1) is 0 Å². The van der Waals surface area contributed by atoms with Crippen molar-refractivity contribution >= 4 is 6.09 Å². The number of likely N-dealkylation sites (tertiary alicyclic amines) is 1. The van der Waals surface area contributed by atoms with E-state index < -0.39 is 31.2 Å². The number of carboxylic acid groups (broad SMARTS) is 1. The smallest absolute Gasteiger partial charge is 0.407 e. The van der Waals surface area contributed by atoms with Gasteiger partial charge in [-0.3, -0.25) is 4.90 Å². The molecule has 1 saturated heterocycles. The van der Waals surface area contributed by atoms with Crippen molar-refractivity contribution in [3.05, 3.63) is 0 Å². The molecule has 0 bridgehead atoms. The lowest BCUT2D eigenvalue weighted by molar-refractivity contribution is -0.0727. The van der Waals surface area contributed by atoms with Gasteiger partial charge < -0.3 is 10.2 Å². The summed E-state index contributed by atoms with van der Waals surface area (Å²) in [6.45, 7) is -1.42. The van der Waals surface area contributed by atoms with Crippen LogP contribution in [0.3, 0.4) is 0 Å². The number of carbonyl (C=O) groups is 1. The number of amides is 1. The van der Waals surface area contributed by atoms with Gasteiger partial charge in [0, 0.05) is 0 Å². The summed E-state index contributed by atoms with van der Waals surface area (Å²) in [7, 11) is 0. The van der Waals surface area contributed by atoms with E-state index in [1.165, 1.54) is 0 Å². The van der Waals surface area contributed by atoms with Crippen LogP contribution in [-0.2, 0) is 0 Å². The van der Waals surface area contributed by atoms with Gasteiger partial charge >= 0.3 is 6.09 Å². The van der Waals surface area contributed by atoms with Gasteiger partial charge in [-0.05, 0) is 0 Å². The third-order valence-corrected chi connectivity index (χ3v) is 1.55. The Morgan fingerprint density at radius 1 is 1.64 bits per heavy atom. The van der Waals surface area contributed by atoms with Crippen LogP contribution in [0.1, 0.15) is 0 Å². The quantitative estimate of drug-likeness (QED) is 0.532. The Hall–Kier alpha value is -0.910. The first-order chi connectivity index (χ1) is 4.93. The van der Waals surface area contributed by atoms with E-state index in [-0.39, 0.29) is 0 Å². The second-order valence-corrected chi connectivity index (χ2v) is 2.44. The van der Waals surface area contributed by atoms with E-state index in [2.05, 4.69) is 0 Å². The van der Waals surface area contributed by atoms with Crippen molar-refractivity contribution in [2.24, 2.45) is 0 Å². The first kappa shape index (κ1) is 8.19. The Balaban J connectivity index is 2.64. The molecular formula is C5H7F2NO3. The zero-order valence-electron chi connectivity index (χ0n) is 5.50. The van der Waals surface area contributed by atoms with Gasteiger partial charge in [0.15, 0.2) is 0 Å². The summed E-state index contributed by atoms with van der Waals surface area (Å²) in [6, 6.07) is 0. The highest BCUT2D eigenvalue weighted by molar-refractivity contribution is 5.65. The molecular weight excluding hydrogens is 160 g/mol. The summed E-state index contributed by atoms with van der Waals surface area (Å²) in [6.07, 6.45) is -3.29. The molecule has 4 nitrogen and oxygen atoms in total. The summed E-state index contributed by atoms with van der Waals surface area (Å²) in [5.74, 6) is -3.29. The Bertz CT molecular complexity index is 185. The molecule has 0 aliphatic carbocycles. The van der Waals surface area contributed by atoms with Gasteiger partial charge in [-0.1, -0.05) is 0 Å². The predicted molar refractivity (Wildman–Crippen MR) is 30.6 cm³/mol. The second-order valence-electron chi connectivity index (χ2n) is 2.44. The Kier molecular flexibility index (Phi) is 1.71. The number of aliphatic hydroxyl groups is 1. The highest BCUT2D eigenvalue weighted by Gasteiger charge is 2.48. The van der Waals surface area contributed by atoms with E-state index in [1.54, 1.807) is 0 Å². The average molecular weight is 167 g/mol. The topological polar surface area (TPSA) is 60.8 Å². The molecule has 1 aliphatic rings. The molecule has 1 amide bonds.